The lowest BCUT2D eigenvalue weighted by Crippen LogP contribution is -2.43. The van der Waals surface area contributed by atoms with E-state index >= 15 is 0 Å². The van der Waals surface area contributed by atoms with Gasteiger partial charge in [-0.3, -0.25) is 4.90 Å². The standard InChI is InChI=1S/C13H18N4/c1-16-7-6-14-8-12(16)11-9-17(2)13-10(11)4-3-5-15-13/h3-5,9,12,14H,6-8H2,1-2H3. The molecule has 1 N–H and O–H groups in total. The number of aromatic nitrogens is 2. The molecular weight excluding hydrogens is 212 g/mol. The van der Waals surface area contributed by atoms with Crippen LogP contribution in [0.3, 0.4) is 0 Å². The fourth-order valence-electron chi connectivity index (χ4n) is 2.66. The summed E-state index contributed by atoms with van der Waals surface area (Å²) in [5, 5.41) is 4.74. The lowest BCUT2D eigenvalue weighted by atomic mass is 10.0. The van der Waals surface area contributed by atoms with Gasteiger partial charge >= 0.3 is 0 Å². The van der Waals surface area contributed by atoms with Gasteiger partial charge in [0.25, 0.3) is 0 Å². The molecule has 1 fully saturated rings. The van der Waals surface area contributed by atoms with Crippen LogP contribution in [0.2, 0.25) is 0 Å². The number of hydrogen-bond donors (Lipinski definition) is 1. The van der Waals surface area contributed by atoms with Crippen LogP contribution < -0.4 is 5.32 Å². The second-order valence-electron chi connectivity index (χ2n) is 4.77. The molecule has 0 spiro atoms. The highest BCUT2D eigenvalue weighted by Crippen LogP contribution is 2.28. The molecule has 0 amide bonds. The van der Waals surface area contributed by atoms with Gasteiger partial charge in [0.2, 0.25) is 0 Å². The minimum atomic E-state index is 0.455. The first-order valence-corrected chi connectivity index (χ1v) is 6.08. The van der Waals surface area contributed by atoms with E-state index in [2.05, 4.69) is 46.1 Å². The molecule has 2 aromatic rings. The molecule has 4 nitrogen and oxygen atoms in total. The van der Waals surface area contributed by atoms with E-state index in [1.54, 1.807) is 0 Å². The molecule has 90 valence electrons. The molecule has 0 aliphatic carbocycles. The number of nitrogens with one attached hydrogen (secondary N) is 1. The minimum Gasteiger partial charge on any atom is -0.335 e. The van der Waals surface area contributed by atoms with Crippen molar-refractivity contribution in [3.05, 3.63) is 30.1 Å². The van der Waals surface area contributed by atoms with Crippen molar-refractivity contribution in [1.82, 2.24) is 19.8 Å². The van der Waals surface area contributed by atoms with Crippen molar-refractivity contribution in [2.45, 2.75) is 6.04 Å². The van der Waals surface area contributed by atoms with Crippen LogP contribution in [0.5, 0.6) is 0 Å². The van der Waals surface area contributed by atoms with Crippen molar-refractivity contribution >= 4 is 11.0 Å². The van der Waals surface area contributed by atoms with E-state index in [0.29, 0.717) is 6.04 Å². The second-order valence-corrected chi connectivity index (χ2v) is 4.77. The van der Waals surface area contributed by atoms with E-state index < -0.39 is 0 Å². The fourth-order valence-corrected chi connectivity index (χ4v) is 2.66. The highest BCUT2D eigenvalue weighted by Gasteiger charge is 2.23. The maximum absolute atomic E-state index is 4.45. The molecule has 0 aromatic carbocycles. The predicted octanol–water partition coefficient (Wildman–Crippen LogP) is 1.15. The van der Waals surface area contributed by atoms with E-state index in [9.17, 15) is 0 Å². The molecule has 0 bridgehead atoms. The summed E-state index contributed by atoms with van der Waals surface area (Å²) in [5.74, 6) is 0. The molecule has 0 radical (unpaired) electrons. The second kappa shape index (κ2) is 4.13. The Kier molecular flexibility index (Phi) is 2.61. The maximum Gasteiger partial charge on any atom is 0.139 e. The average molecular weight is 230 g/mol. The van der Waals surface area contributed by atoms with Gasteiger partial charge in [0.1, 0.15) is 5.65 Å². The van der Waals surface area contributed by atoms with Gasteiger partial charge in [0.15, 0.2) is 0 Å². The Morgan fingerprint density at radius 1 is 1.41 bits per heavy atom. The zero-order valence-corrected chi connectivity index (χ0v) is 10.3. The van der Waals surface area contributed by atoms with Gasteiger partial charge in [-0.25, -0.2) is 4.98 Å². The number of rotatable bonds is 1. The van der Waals surface area contributed by atoms with Crippen molar-refractivity contribution in [3.63, 3.8) is 0 Å². The Labute approximate surface area is 101 Å². The lowest BCUT2D eigenvalue weighted by Gasteiger charge is -2.32. The molecule has 1 aliphatic rings. The monoisotopic (exact) mass is 230 g/mol. The molecule has 2 aromatic heterocycles. The highest BCUT2D eigenvalue weighted by molar-refractivity contribution is 5.80. The van der Waals surface area contributed by atoms with Gasteiger partial charge in [-0.15, -0.1) is 0 Å². The molecule has 1 atom stereocenters. The van der Waals surface area contributed by atoms with E-state index in [1.807, 2.05) is 12.3 Å². The summed E-state index contributed by atoms with van der Waals surface area (Å²) in [6, 6.07) is 4.64. The van der Waals surface area contributed by atoms with Gasteiger partial charge in [-0.1, -0.05) is 0 Å². The quantitative estimate of drug-likeness (QED) is 0.798. The Morgan fingerprint density at radius 2 is 2.29 bits per heavy atom. The first-order valence-electron chi connectivity index (χ1n) is 6.08. The Hall–Kier alpha value is -1.39. The van der Waals surface area contributed by atoms with E-state index in [0.717, 1.165) is 25.3 Å². The largest absolute Gasteiger partial charge is 0.335 e. The topological polar surface area (TPSA) is 33.1 Å². The Bertz CT molecular complexity index is 531. The molecule has 3 rings (SSSR count). The summed E-state index contributed by atoms with van der Waals surface area (Å²) < 4.78 is 2.12. The molecule has 3 heterocycles. The van der Waals surface area contributed by atoms with E-state index in [-0.39, 0.29) is 0 Å². The van der Waals surface area contributed by atoms with Gasteiger partial charge in [-0.05, 0) is 24.7 Å². The molecular formula is C13H18N4. The maximum atomic E-state index is 4.45. The third-order valence-electron chi connectivity index (χ3n) is 3.63. The number of pyridine rings is 1. The van der Waals surface area contributed by atoms with Crippen molar-refractivity contribution < 1.29 is 0 Å². The zero-order chi connectivity index (χ0) is 11.8. The van der Waals surface area contributed by atoms with Gasteiger partial charge < -0.3 is 9.88 Å². The van der Waals surface area contributed by atoms with Crippen molar-refractivity contribution in [2.24, 2.45) is 7.05 Å². The first kappa shape index (κ1) is 10.7. The Balaban J connectivity index is 2.10. The summed E-state index contributed by atoms with van der Waals surface area (Å²) in [7, 11) is 4.26. The van der Waals surface area contributed by atoms with Crippen LogP contribution in [-0.4, -0.2) is 41.1 Å². The molecule has 0 saturated carbocycles. The summed E-state index contributed by atoms with van der Waals surface area (Å²) in [5.41, 5.74) is 2.45. The van der Waals surface area contributed by atoms with E-state index in [4.69, 9.17) is 0 Å². The third-order valence-corrected chi connectivity index (χ3v) is 3.63. The first-order chi connectivity index (χ1) is 8.27. The smallest absolute Gasteiger partial charge is 0.139 e. The number of piperazine rings is 1. The number of nitrogens with zero attached hydrogens (tertiary/aromatic N) is 3. The van der Waals surface area contributed by atoms with Crippen LogP contribution in [0.4, 0.5) is 0 Å². The third kappa shape index (κ3) is 1.73. The highest BCUT2D eigenvalue weighted by atomic mass is 15.2. The zero-order valence-electron chi connectivity index (χ0n) is 10.3. The molecule has 4 heteroatoms. The van der Waals surface area contributed by atoms with E-state index in [1.165, 1.54) is 10.9 Å². The SMILES string of the molecule is CN1CCNCC1c1cn(C)c2ncccc12. The summed E-state index contributed by atoms with van der Waals surface area (Å²) >= 11 is 0. The molecule has 1 saturated heterocycles. The lowest BCUT2D eigenvalue weighted by molar-refractivity contribution is 0.203. The van der Waals surface area contributed by atoms with Crippen LogP contribution in [0.1, 0.15) is 11.6 Å². The van der Waals surface area contributed by atoms with Crippen molar-refractivity contribution in [1.29, 1.82) is 0 Å². The fraction of sp³-hybridized carbons (Fsp3) is 0.462. The number of fused-ring (bicyclic) bond motifs is 1. The average Bonchev–Trinajstić information content (AvgIpc) is 2.68. The minimum absolute atomic E-state index is 0.455. The summed E-state index contributed by atoms with van der Waals surface area (Å²) in [6.07, 6.45) is 4.07. The van der Waals surface area contributed by atoms with Gasteiger partial charge in [0.05, 0.1) is 0 Å². The van der Waals surface area contributed by atoms with Gasteiger partial charge in [0, 0.05) is 50.5 Å². The Morgan fingerprint density at radius 3 is 3.12 bits per heavy atom. The predicted molar refractivity (Wildman–Crippen MR) is 69.0 cm³/mol. The number of hydrogen-bond acceptors (Lipinski definition) is 3. The summed E-state index contributed by atoms with van der Waals surface area (Å²) in [6.45, 7) is 3.20. The van der Waals surface area contributed by atoms with Gasteiger partial charge in [-0.2, -0.15) is 0 Å². The molecule has 1 unspecified atom stereocenters. The van der Waals surface area contributed by atoms with Crippen LogP contribution in [0.15, 0.2) is 24.5 Å². The molecule has 1 aliphatic heterocycles. The number of likely N-dealkylation sites (N-methyl/N-ethyl adjacent to an activating group) is 1. The van der Waals surface area contributed by atoms with Crippen LogP contribution in [0, 0.1) is 0 Å². The number of aryl methyl sites for hydroxylation is 1. The van der Waals surface area contributed by atoms with Crippen LogP contribution >= 0.6 is 0 Å². The van der Waals surface area contributed by atoms with Crippen LogP contribution in [-0.2, 0) is 7.05 Å². The normalized spacial score (nSPS) is 22.1. The van der Waals surface area contributed by atoms with Crippen molar-refractivity contribution in [3.8, 4) is 0 Å². The van der Waals surface area contributed by atoms with Crippen LogP contribution in [0.25, 0.3) is 11.0 Å². The molecule has 17 heavy (non-hydrogen) atoms. The van der Waals surface area contributed by atoms with Crippen molar-refractivity contribution in [2.75, 3.05) is 26.7 Å². The summed E-state index contributed by atoms with van der Waals surface area (Å²) in [4.78, 5) is 6.86.